The minimum Gasteiger partial charge on any atom is -0.369 e. The number of nitrogens with zero attached hydrogens (tertiary/aromatic N) is 3. The fourth-order valence-corrected chi connectivity index (χ4v) is 4.79. The van der Waals surface area contributed by atoms with Gasteiger partial charge in [-0.2, -0.15) is 5.26 Å². The second-order valence-corrected chi connectivity index (χ2v) is 9.33. The van der Waals surface area contributed by atoms with Crippen LogP contribution in [-0.4, -0.2) is 49.6 Å². The normalized spacial score (nSPS) is 22.5. The van der Waals surface area contributed by atoms with Gasteiger partial charge in [0.1, 0.15) is 0 Å². The molecule has 0 spiro atoms. The van der Waals surface area contributed by atoms with E-state index in [1.54, 1.807) is 0 Å². The first-order valence-electron chi connectivity index (χ1n) is 11.1. The number of piperazine rings is 1. The zero-order valence-corrected chi connectivity index (χ0v) is 19.1. The van der Waals surface area contributed by atoms with Crippen LogP contribution < -0.4 is 10.2 Å². The molecule has 1 saturated heterocycles. The molecule has 164 valence electrons. The summed E-state index contributed by atoms with van der Waals surface area (Å²) in [6.07, 6.45) is 7.41. The zero-order chi connectivity index (χ0) is 21.3. The molecule has 5 nitrogen and oxygen atoms in total. The number of carbonyl (C=O) groups is 1. The predicted molar refractivity (Wildman–Crippen MR) is 123 cm³/mol. The molecule has 2 aliphatic rings. The molecular formula is C23H32Cl2N4O. The summed E-state index contributed by atoms with van der Waals surface area (Å²) < 4.78 is 0. The van der Waals surface area contributed by atoms with E-state index >= 15 is 0 Å². The van der Waals surface area contributed by atoms with Crippen molar-refractivity contribution in [1.29, 1.82) is 5.26 Å². The molecule has 0 radical (unpaired) electrons. The van der Waals surface area contributed by atoms with Gasteiger partial charge in [0.2, 0.25) is 5.91 Å². The Hall–Kier alpha value is -1.48. The van der Waals surface area contributed by atoms with Gasteiger partial charge >= 0.3 is 0 Å². The van der Waals surface area contributed by atoms with Crippen LogP contribution in [0.15, 0.2) is 18.2 Å². The highest BCUT2D eigenvalue weighted by Crippen LogP contribution is 2.29. The molecule has 2 fully saturated rings. The summed E-state index contributed by atoms with van der Waals surface area (Å²) in [5.41, 5.74) is 1.15. The fourth-order valence-electron chi connectivity index (χ4n) is 4.50. The molecule has 1 N–H and O–H groups in total. The third kappa shape index (κ3) is 7.04. The summed E-state index contributed by atoms with van der Waals surface area (Å²) in [6.45, 7) is 5.35. The summed E-state index contributed by atoms with van der Waals surface area (Å²) in [5.74, 6) is 0.874. The first-order chi connectivity index (χ1) is 14.5. The van der Waals surface area contributed by atoms with Crippen molar-refractivity contribution in [2.45, 2.75) is 57.4 Å². The summed E-state index contributed by atoms with van der Waals surface area (Å²) in [6, 6.07) is 8.29. The number of nitriles is 1. The van der Waals surface area contributed by atoms with Gasteiger partial charge in [0, 0.05) is 50.7 Å². The maximum absolute atomic E-state index is 11.9. The van der Waals surface area contributed by atoms with Crippen molar-refractivity contribution >= 4 is 34.8 Å². The molecule has 1 heterocycles. The average molecular weight is 451 g/mol. The Kier molecular flexibility index (Phi) is 9.11. The molecule has 1 aromatic carbocycles. The largest absolute Gasteiger partial charge is 0.369 e. The van der Waals surface area contributed by atoms with Crippen LogP contribution in [0.25, 0.3) is 0 Å². The van der Waals surface area contributed by atoms with Crippen LogP contribution in [0.3, 0.4) is 0 Å². The lowest BCUT2D eigenvalue weighted by Crippen LogP contribution is -2.47. The Labute approximate surface area is 190 Å². The number of amides is 1. The third-order valence-electron chi connectivity index (χ3n) is 6.40. The molecule has 1 amide bonds. The van der Waals surface area contributed by atoms with E-state index in [0.29, 0.717) is 35.3 Å². The van der Waals surface area contributed by atoms with Gasteiger partial charge in [-0.3, -0.25) is 9.69 Å². The summed E-state index contributed by atoms with van der Waals surface area (Å²) in [7, 11) is 0. The first-order valence-corrected chi connectivity index (χ1v) is 11.9. The highest BCUT2D eigenvalue weighted by Gasteiger charge is 2.24. The van der Waals surface area contributed by atoms with E-state index < -0.39 is 0 Å². The highest BCUT2D eigenvalue weighted by atomic mass is 35.5. The summed E-state index contributed by atoms with van der Waals surface area (Å²) >= 11 is 12.2. The molecule has 30 heavy (non-hydrogen) atoms. The second kappa shape index (κ2) is 11.8. The van der Waals surface area contributed by atoms with Gasteiger partial charge < -0.3 is 10.2 Å². The molecule has 1 saturated carbocycles. The number of rotatable bonds is 8. The van der Waals surface area contributed by atoms with Gasteiger partial charge in [0.25, 0.3) is 0 Å². The van der Waals surface area contributed by atoms with Crippen LogP contribution in [0.2, 0.25) is 10.0 Å². The van der Waals surface area contributed by atoms with Crippen LogP contribution in [-0.2, 0) is 4.79 Å². The number of hydrogen-bond acceptors (Lipinski definition) is 4. The third-order valence-corrected chi connectivity index (χ3v) is 7.14. The lowest BCUT2D eigenvalue weighted by molar-refractivity contribution is -0.122. The van der Waals surface area contributed by atoms with Gasteiger partial charge in [-0.1, -0.05) is 23.2 Å². The van der Waals surface area contributed by atoms with Crippen LogP contribution in [0.1, 0.15) is 51.4 Å². The number of unbranched alkanes of at least 4 members (excludes halogenated alkanes) is 1. The number of benzene rings is 1. The van der Waals surface area contributed by atoms with Gasteiger partial charge in [0.05, 0.1) is 16.1 Å². The average Bonchev–Trinajstić information content (AvgIpc) is 2.76. The van der Waals surface area contributed by atoms with Crippen LogP contribution in [0.4, 0.5) is 5.69 Å². The van der Waals surface area contributed by atoms with Crippen molar-refractivity contribution < 1.29 is 4.79 Å². The lowest BCUT2D eigenvalue weighted by atomic mass is 9.84. The SMILES string of the molecule is N#CCCCC(=O)NC1CCC(CCN2CCN(c3ccc(Cl)c(Cl)c3)CC2)CC1. The maximum atomic E-state index is 11.9. The molecule has 1 aromatic rings. The number of hydrogen-bond donors (Lipinski definition) is 1. The van der Waals surface area contributed by atoms with Crippen molar-refractivity contribution in [1.82, 2.24) is 10.2 Å². The van der Waals surface area contributed by atoms with Crippen LogP contribution in [0.5, 0.6) is 0 Å². The van der Waals surface area contributed by atoms with E-state index in [0.717, 1.165) is 57.2 Å². The number of halogens is 2. The molecule has 0 bridgehead atoms. The Bertz CT molecular complexity index is 735. The molecule has 0 unspecified atom stereocenters. The Morgan fingerprint density at radius 2 is 1.83 bits per heavy atom. The Morgan fingerprint density at radius 1 is 1.10 bits per heavy atom. The standard InChI is InChI=1S/C23H32Cl2N4O/c24-21-9-8-20(17-22(21)25)29-15-13-28(14-16-29)12-10-18-4-6-19(7-5-18)27-23(30)3-1-2-11-26/h8-9,17-19H,1-7,10,12-16H2,(H,27,30). The second-order valence-electron chi connectivity index (χ2n) is 8.51. The smallest absolute Gasteiger partial charge is 0.220 e. The van der Waals surface area contributed by atoms with E-state index in [1.165, 1.54) is 19.3 Å². The number of carbonyl (C=O) groups excluding carboxylic acids is 1. The minimum atomic E-state index is 0.105. The fraction of sp³-hybridized carbons (Fsp3) is 0.652. The number of nitrogens with one attached hydrogen (secondary N) is 1. The minimum absolute atomic E-state index is 0.105. The van der Waals surface area contributed by atoms with Crippen LogP contribution >= 0.6 is 23.2 Å². The van der Waals surface area contributed by atoms with Crippen molar-refractivity contribution in [3.8, 4) is 6.07 Å². The Morgan fingerprint density at radius 3 is 2.50 bits per heavy atom. The van der Waals surface area contributed by atoms with E-state index in [-0.39, 0.29) is 5.91 Å². The quantitative estimate of drug-likeness (QED) is 0.573. The van der Waals surface area contributed by atoms with Crippen molar-refractivity contribution in [2.75, 3.05) is 37.6 Å². The first kappa shape index (κ1) is 23.2. The van der Waals surface area contributed by atoms with E-state index in [4.69, 9.17) is 28.5 Å². The van der Waals surface area contributed by atoms with Gasteiger partial charge in [-0.05, 0) is 69.2 Å². The van der Waals surface area contributed by atoms with Gasteiger partial charge in [-0.15, -0.1) is 0 Å². The molecule has 3 rings (SSSR count). The lowest BCUT2D eigenvalue weighted by Gasteiger charge is -2.37. The number of anilines is 1. The van der Waals surface area contributed by atoms with Crippen LogP contribution in [0, 0.1) is 17.2 Å². The summed E-state index contributed by atoms with van der Waals surface area (Å²) in [5, 5.41) is 12.9. The van der Waals surface area contributed by atoms with E-state index in [9.17, 15) is 4.79 Å². The van der Waals surface area contributed by atoms with Gasteiger partial charge in [-0.25, -0.2) is 0 Å². The van der Waals surface area contributed by atoms with Crippen molar-refractivity contribution in [3.05, 3.63) is 28.2 Å². The van der Waals surface area contributed by atoms with Crippen molar-refractivity contribution in [2.24, 2.45) is 5.92 Å². The topological polar surface area (TPSA) is 59.4 Å². The maximum Gasteiger partial charge on any atom is 0.220 e. The molecular weight excluding hydrogens is 419 g/mol. The van der Waals surface area contributed by atoms with Crippen molar-refractivity contribution in [3.63, 3.8) is 0 Å². The predicted octanol–water partition coefficient (Wildman–Crippen LogP) is 4.87. The summed E-state index contributed by atoms with van der Waals surface area (Å²) in [4.78, 5) is 16.9. The Balaban J connectivity index is 1.30. The molecule has 7 heteroatoms. The molecule has 1 aliphatic carbocycles. The zero-order valence-electron chi connectivity index (χ0n) is 17.6. The highest BCUT2D eigenvalue weighted by molar-refractivity contribution is 6.42. The van der Waals surface area contributed by atoms with Gasteiger partial charge in [0.15, 0.2) is 0 Å². The molecule has 0 atom stereocenters. The molecule has 0 aromatic heterocycles. The molecule has 1 aliphatic heterocycles. The monoisotopic (exact) mass is 450 g/mol. The van der Waals surface area contributed by atoms with E-state index in [2.05, 4.69) is 21.2 Å². The van der Waals surface area contributed by atoms with E-state index in [1.807, 2.05) is 18.2 Å².